The number of aliphatic hydroxyl groups excluding tert-OH is 1. The fraction of sp³-hybridized carbons (Fsp3) is 0.942. The van der Waals surface area contributed by atoms with Gasteiger partial charge in [0.25, 0.3) is 0 Å². The second-order valence-corrected chi connectivity index (χ2v) is 29.7. The topological polar surface area (TPSA) is 237 Å². The van der Waals surface area contributed by atoms with Crippen LogP contribution in [0.5, 0.6) is 0 Å². The van der Waals surface area contributed by atoms with Crippen LogP contribution in [0.25, 0.3) is 0 Å². The molecule has 522 valence electrons. The van der Waals surface area contributed by atoms with Gasteiger partial charge in [-0.3, -0.25) is 37.3 Å². The highest BCUT2D eigenvalue weighted by Crippen LogP contribution is 2.45. The summed E-state index contributed by atoms with van der Waals surface area (Å²) in [4.78, 5) is 72.5. The van der Waals surface area contributed by atoms with Gasteiger partial charge in [0.1, 0.15) is 19.3 Å². The first-order valence-corrected chi connectivity index (χ1v) is 38.7. The van der Waals surface area contributed by atoms with Crippen LogP contribution in [0, 0.1) is 23.7 Å². The number of unbranched alkanes of at least 4 members (excludes halogenated alkanes) is 32. The SMILES string of the molecule is CC(C)CCCCCCCCCCCCCC(=O)OC[C@H](COP(=O)(O)OCC(O)COP(=O)(O)OC[C@@H](COC(=O)CCCCCCCCCC(C)C)OC(=O)CCCCCCCCCC(C)C)OC(=O)CCCCCCCCCCCCCC(C)C. The van der Waals surface area contributed by atoms with Gasteiger partial charge in [-0.05, 0) is 49.4 Å². The molecule has 17 nitrogen and oxygen atoms in total. The van der Waals surface area contributed by atoms with Crippen molar-refractivity contribution >= 4 is 39.5 Å². The summed E-state index contributed by atoms with van der Waals surface area (Å²) < 4.78 is 68.2. The zero-order chi connectivity index (χ0) is 65.4. The maximum atomic E-state index is 13.0. The van der Waals surface area contributed by atoms with Crippen LogP contribution in [0.4, 0.5) is 0 Å². The van der Waals surface area contributed by atoms with E-state index in [2.05, 4.69) is 55.4 Å². The van der Waals surface area contributed by atoms with Crippen molar-refractivity contribution in [1.29, 1.82) is 0 Å². The lowest BCUT2D eigenvalue weighted by Gasteiger charge is -2.21. The van der Waals surface area contributed by atoms with Crippen LogP contribution in [0.15, 0.2) is 0 Å². The minimum atomic E-state index is -4.95. The predicted octanol–water partition coefficient (Wildman–Crippen LogP) is 19.3. The quantitative estimate of drug-likeness (QED) is 0.0222. The predicted molar refractivity (Wildman–Crippen MR) is 354 cm³/mol. The summed E-state index contributed by atoms with van der Waals surface area (Å²) in [7, 11) is -9.90. The molecule has 5 atom stereocenters. The third-order valence-electron chi connectivity index (χ3n) is 15.8. The molecule has 0 fully saturated rings. The number of hydrogen-bond acceptors (Lipinski definition) is 15. The van der Waals surface area contributed by atoms with Crippen LogP contribution >= 0.6 is 15.6 Å². The fourth-order valence-electron chi connectivity index (χ4n) is 10.3. The molecule has 88 heavy (non-hydrogen) atoms. The van der Waals surface area contributed by atoms with Crippen molar-refractivity contribution in [1.82, 2.24) is 0 Å². The molecule has 0 radical (unpaired) electrons. The molecular weight excluding hydrogens is 1160 g/mol. The molecule has 0 rings (SSSR count). The van der Waals surface area contributed by atoms with Gasteiger partial charge >= 0.3 is 39.5 Å². The van der Waals surface area contributed by atoms with Gasteiger partial charge < -0.3 is 33.8 Å². The summed E-state index contributed by atoms with van der Waals surface area (Å²) in [5, 5.41) is 10.6. The standard InChI is InChI=1S/C69H134O17P2/c1-59(2)45-37-29-21-15-11-9-13-17-25-33-41-49-66(71)79-55-64(85-68(73)51-43-35-26-18-14-10-12-16-22-30-38-46-60(3)4)57-83-87(75,76)81-53-63(70)54-82-88(77,78)84-58-65(86-69(74)52-44-36-28-20-24-32-40-48-62(7)8)56-80-67(72)50-42-34-27-19-23-31-39-47-61(5)6/h59-65,70H,9-58H2,1-8H3,(H,75,76)(H,77,78)/t63?,64-,65-/m1/s1. The van der Waals surface area contributed by atoms with Crippen molar-refractivity contribution in [2.75, 3.05) is 39.6 Å². The Morgan fingerprint density at radius 3 is 0.705 bits per heavy atom. The van der Waals surface area contributed by atoms with E-state index in [4.69, 9.17) is 37.0 Å². The van der Waals surface area contributed by atoms with Gasteiger partial charge in [-0.1, -0.05) is 287 Å². The molecule has 0 aromatic heterocycles. The van der Waals surface area contributed by atoms with Crippen LogP contribution in [0.1, 0.15) is 338 Å². The van der Waals surface area contributed by atoms with Gasteiger partial charge in [0.05, 0.1) is 26.4 Å². The third kappa shape index (κ3) is 62.8. The molecule has 3 unspecified atom stereocenters. The first kappa shape index (κ1) is 86.1. The Morgan fingerprint density at radius 2 is 0.477 bits per heavy atom. The van der Waals surface area contributed by atoms with Crippen LogP contribution in [0.3, 0.4) is 0 Å². The number of carbonyl (C=O) groups excluding carboxylic acids is 4. The highest BCUT2D eigenvalue weighted by atomic mass is 31.2. The van der Waals surface area contributed by atoms with Crippen LogP contribution in [0.2, 0.25) is 0 Å². The van der Waals surface area contributed by atoms with E-state index in [1.807, 2.05) is 0 Å². The Labute approximate surface area is 537 Å². The number of ether oxygens (including phenoxy) is 4. The first-order chi connectivity index (χ1) is 42.1. The molecule has 0 aliphatic carbocycles. The summed E-state index contributed by atoms with van der Waals surface area (Å²) >= 11 is 0. The van der Waals surface area contributed by atoms with E-state index in [0.29, 0.717) is 37.5 Å². The largest absolute Gasteiger partial charge is 0.472 e. The second kappa shape index (κ2) is 58.8. The highest BCUT2D eigenvalue weighted by Gasteiger charge is 2.30. The van der Waals surface area contributed by atoms with Crippen molar-refractivity contribution in [3.63, 3.8) is 0 Å². The van der Waals surface area contributed by atoms with Crippen molar-refractivity contribution in [2.24, 2.45) is 23.7 Å². The zero-order valence-corrected chi connectivity index (χ0v) is 59.1. The van der Waals surface area contributed by atoms with Gasteiger partial charge in [0.15, 0.2) is 12.2 Å². The highest BCUT2D eigenvalue weighted by molar-refractivity contribution is 7.47. The average Bonchev–Trinajstić information content (AvgIpc) is 3.57. The van der Waals surface area contributed by atoms with E-state index >= 15 is 0 Å². The number of aliphatic hydroxyl groups is 1. The number of carbonyl (C=O) groups is 4. The molecule has 19 heteroatoms. The van der Waals surface area contributed by atoms with Gasteiger partial charge in [-0.15, -0.1) is 0 Å². The second-order valence-electron chi connectivity index (χ2n) is 26.8. The van der Waals surface area contributed by atoms with Crippen molar-refractivity contribution in [2.45, 2.75) is 356 Å². The summed E-state index contributed by atoms with van der Waals surface area (Å²) in [6, 6.07) is 0. The van der Waals surface area contributed by atoms with Crippen LogP contribution in [-0.2, 0) is 65.4 Å². The number of rotatable bonds is 66. The van der Waals surface area contributed by atoms with Gasteiger partial charge in [0.2, 0.25) is 0 Å². The third-order valence-corrected chi connectivity index (χ3v) is 17.7. The molecule has 0 aromatic carbocycles. The summed E-state index contributed by atoms with van der Waals surface area (Å²) in [5.41, 5.74) is 0. The van der Waals surface area contributed by atoms with Crippen molar-refractivity contribution < 1.29 is 80.2 Å². The first-order valence-electron chi connectivity index (χ1n) is 35.7. The molecule has 0 aliphatic rings. The molecule has 0 heterocycles. The Balaban J connectivity index is 5.25. The van der Waals surface area contributed by atoms with Crippen molar-refractivity contribution in [3.8, 4) is 0 Å². The fourth-order valence-corrected chi connectivity index (χ4v) is 11.9. The molecule has 0 aliphatic heterocycles. The molecule has 0 spiro atoms. The minimum absolute atomic E-state index is 0.102. The minimum Gasteiger partial charge on any atom is -0.462 e. The smallest absolute Gasteiger partial charge is 0.462 e. The lowest BCUT2D eigenvalue weighted by molar-refractivity contribution is -0.161. The lowest BCUT2D eigenvalue weighted by atomic mass is 10.0. The number of esters is 4. The van der Waals surface area contributed by atoms with Gasteiger partial charge in [-0.2, -0.15) is 0 Å². The van der Waals surface area contributed by atoms with Gasteiger partial charge in [-0.25, -0.2) is 9.13 Å². The molecule has 3 N–H and O–H groups in total. The van der Waals surface area contributed by atoms with E-state index in [1.165, 1.54) is 135 Å². The van der Waals surface area contributed by atoms with E-state index in [0.717, 1.165) is 108 Å². The van der Waals surface area contributed by atoms with Gasteiger partial charge in [0, 0.05) is 25.7 Å². The van der Waals surface area contributed by atoms with Crippen molar-refractivity contribution in [3.05, 3.63) is 0 Å². The van der Waals surface area contributed by atoms with Crippen LogP contribution < -0.4 is 0 Å². The molecule has 0 bridgehead atoms. The Bertz CT molecular complexity index is 1750. The van der Waals surface area contributed by atoms with Crippen LogP contribution in [-0.4, -0.2) is 96.7 Å². The molecular formula is C69H134O17P2. The molecule has 0 saturated heterocycles. The Kier molecular flexibility index (Phi) is 57.6. The number of phosphoric acid groups is 2. The van der Waals surface area contributed by atoms with E-state index in [1.54, 1.807) is 0 Å². The molecule has 0 aromatic rings. The zero-order valence-electron chi connectivity index (χ0n) is 57.3. The maximum Gasteiger partial charge on any atom is 0.472 e. The maximum absolute atomic E-state index is 13.0. The summed E-state index contributed by atoms with van der Waals surface area (Å²) in [6.45, 7) is 14.0. The average molecular weight is 1300 g/mol. The lowest BCUT2D eigenvalue weighted by Crippen LogP contribution is -2.30. The Morgan fingerprint density at radius 1 is 0.284 bits per heavy atom. The van der Waals surface area contributed by atoms with E-state index in [9.17, 15) is 43.2 Å². The molecule has 0 saturated carbocycles. The molecule has 0 amide bonds. The number of phosphoric ester groups is 2. The normalized spacial score (nSPS) is 14.3. The van der Waals surface area contributed by atoms with E-state index < -0.39 is 97.5 Å². The summed E-state index contributed by atoms with van der Waals surface area (Å²) in [6.07, 6.45) is 40.5. The number of hydrogen-bond donors (Lipinski definition) is 3. The van der Waals surface area contributed by atoms with E-state index in [-0.39, 0.29) is 25.7 Å². The monoisotopic (exact) mass is 1300 g/mol. The summed E-state index contributed by atoms with van der Waals surface area (Å²) in [5.74, 6) is 0.804. The Hall–Kier alpha value is -1.94.